The molecule has 4 rings (SSSR count). The monoisotopic (exact) mass is 415 g/mol. The average Bonchev–Trinajstić information content (AvgIpc) is 3.32. The number of morpholine rings is 1. The molecule has 0 saturated carbocycles. The molecule has 1 aromatic carbocycles. The van der Waals surface area contributed by atoms with E-state index in [2.05, 4.69) is 33.2 Å². The van der Waals surface area contributed by atoms with Crippen LogP contribution in [-0.2, 0) is 24.8 Å². The Bertz CT molecular complexity index is 937. The highest BCUT2D eigenvalue weighted by Crippen LogP contribution is 2.23. The van der Waals surface area contributed by atoms with Gasteiger partial charge in [-0.2, -0.15) is 10.2 Å². The minimum atomic E-state index is -0.0251. The highest BCUT2D eigenvalue weighted by molar-refractivity contribution is 6.30. The van der Waals surface area contributed by atoms with Crippen molar-refractivity contribution in [3.05, 3.63) is 64.2 Å². The normalized spacial score (nSPS) is 17.6. The highest BCUT2D eigenvalue weighted by atomic mass is 35.5. The van der Waals surface area contributed by atoms with Crippen LogP contribution < -0.4 is 4.74 Å². The zero-order valence-electron chi connectivity index (χ0n) is 16.8. The van der Waals surface area contributed by atoms with Crippen LogP contribution in [0.3, 0.4) is 0 Å². The number of hydrogen-bond acceptors (Lipinski definition) is 5. The molecule has 29 heavy (non-hydrogen) atoms. The van der Waals surface area contributed by atoms with E-state index in [4.69, 9.17) is 21.1 Å². The summed E-state index contributed by atoms with van der Waals surface area (Å²) in [6, 6.07) is 9.47. The van der Waals surface area contributed by atoms with Gasteiger partial charge in [0.2, 0.25) is 0 Å². The van der Waals surface area contributed by atoms with Gasteiger partial charge in [-0.25, -0.2) is 0 Å². The van der Waals surface area contributed by atoms with Gasteiger partial charge < -0.3 is 9.47 Å². The van der Waals surface area contributed by atoms with Gasteiger partial charge in [-0.1, -0.05) is 11.6 Å². The molecule has 0 radical (unpaired) electrons. The molecule has 0 unspecified atom stereocenters. The van der Waals surface area contributed by atoms with Gasteiger partial charge in [0.25, 0.3) is 0 Å². The molecule has 0 aliphatic carbocycles. The summed E-state index contributed by atoms with van der Waals surface area (Å²) in [6.07, 6.45) is 2.68. The van der Waals surface area contributed by atoms with E-state index < -0.39 is 0 Å². The van der Waals surface area contributed by atoms with Crippen molar-refractivity contribution < 1.29 is 9.47 Å². The van der Waals surface area contributed by atoms with Gasteiger partial charge in [0, 0.05) is 55.1 Å². The number of H-pyrrole nitrogens is 1. The molecule has 1 N–H and O–H groups in total. The van der Waals surface area contributed by atoms with Crippen LogP contribution in [0.25, 0.3) is 0 Å². The van der Waals surface area contributed by atoms with Gasteiger partial charge in [0.1, 0.15) is 11.9 Å². The predicted octanol–water partition coefficient (Wildman–Crippen LogP) is 3.30. The van der Waals surface area contributed by atoms with Crippen LogP contribution in [0.15, 0.2) is 36.5 Å². The van der Waals surface area contributed by atoms with Crippen LogP contribution in [0.2, 0.25) is 5.02 Å². The fraction of sp³-hybridized carbons (Fsp3) is 0.429. The lowest BCUT2D eigenvalue weighted by Gasteiger charge is -2.32. The number of aromatic amines is 1. The summed E-state index contributed by atoms with van der Waals surface area (Å²) < 4.78 is 13.7. The fourth-order valence-electron chi connectivity index (χ4n) is 3.45. The van der Waals surface area contributed by atoms with Crippen molar-refractivity contribution in [3.63, 3.8) is 0 Å². The minimum absolute atomic E-state index is 0.0251. The first-order valence-corrected chi connectivity index (χ1v) is 10.2. The summed E-state index contributed by atoms with van der Waals surface area (Å²) in [5.74, 6) is 0.811. The lowest BCUT2D eigenvalue weighted by Crippen LogP contribution is -2.38. The van der Waals surface area contributed by atoms with E-state index in [-0.39, 0.29) is 6.10 Å². The molecule has 8 heteroatoms. The van der Waals surface area contributed by atoms with E-state index in [1.807, 2.05) is 42.2 Å². The molecular formula is C21H26ClN5O2. The van der Waals surface area contributed by atoms with Crippen molar-refractivity contribution in [3.8, 4) is 5.75 Å². The predicted molar refractivity (Wildman–Crippen MR) is 111 cm³/mol. The third kappa shape index (κ3) is 4.98. The Morgan fingerprint density at radius 2 is 2.14 bits per heavy atom. The molecular weight excluding hydrogens is 390 g/mol. The first-order valence-electron chi connectivity index (χ1n) is 9.82. The molecule has 0 spiro atoms. The van der Waals surface area contributed by atoms with E-state index in [0.717, 1.165) is 43.2 Å². The summed E-state index contributed by atoms with van der Waals surface area (Å²) in [5, 5.41) is 12.6. The summed E-state index contributed by atoms with van der Waals surface area (Å²) in [5.41, 5.74) is 4.45. The highest BCUT2D eigenvalue weighted by Gasteiger charge is 2.25. The van der Waals surface area contributed by atoms with E-state index in [9.17, 15) is 0 Å². The summed E-state index contributed by atoms with van der Waals surface area (Å²) in [6.45, 7) is 5.99. The summed E-state index contributed by atoms with van der Waals surface area (Å²) >= 11 is 5.89. The largest absolute Gasteiger partial charge is 0.493 e. The Morgan fingerprint density at radius 3 is 2.90 bits per heavy atom. The van der Waals surface area contributed by atoms with Crippen LogP contribution in [0.5, 0.6) is 5.75 Å². The number of nitrogens with one attached hydrogen (secondary N) is 1. The van der Waals surface area contributed by atoms with Crippen LogP contribution in [-0.4, -0.2) is 51.2 Å². The molecule has 1 saturated heterocycles. The second-order valence-electron chi connectivity index (χ2n) is 7.34. The maximum absolute atomic E-state index is 5.98. The third-order valence-corrected chi connectivity index (χ3v) is 5.57. The van der Waals surface area contributed by atoms with Crippen LogP contribution in [0.1, 0.15) is 28.7 Å². The number of aryl methyl sites for hydroxylation is 1. The van der Waals surface area contributed by atoms with Crippen molar-refractivity contribution in [2.45, 2.75) is 26.0 Å². The Kier molecular flexibility index (Phi) is 6.18. The third-order valence-electron chi connectivity index (χ3n) is 5.32. The Hall–Kier alpha value is -2.35. The SMILES string of the molecule is Cc1c(CN2CCO[C@@H](c3cc(CCOc4ccc(Cl)cc4)[nH]n3)C2)cnn1C. The summed E-state index contributed by atoms with van der Waals surface area (Å²) in [4.78, 5) is 2.40. The zero-order chi connectivity index (χ0) is 20.2. The number of ether oxygens (including phenoxy) is 2. The quantitative estimate of drug-likeness (QED) is 0.641. The molecule has 0 amide bonds. The molecule has 7 nitrogen and oxygen atoms in total. The van der Waals surface area contributed by atoms with Crippen molar-refractivity contribution >= 4 is 11.6 Å². The number of aromatic nitrogens is 4. The molecule has 0 bridgehead atoms. The van der Waals surface area contributed by atoms with Gasteiger partial charge in [-0.15, -0.1) is 0 Å². The lowest BCUT2D eigenvalue weighted by molar-refractivity contribution is -0.0350. The number of halogens is 1. The minimum Gasteiger partial charge on any atom is -0.493 e. The second kappa shape index (κ2) is 8.98. The standard InChI is InChI=1S/C21H26ClN5O2/c1-15-16(12-23-26(15)2)13-27-8-10-29-21(14-27)20-11-18(24-25-20)7-9-28-19-5-3-17(22)4-6-19/h3-6,11-12,21H,7-10,13-14H2,1-2H3,(H,24,25)/t21-/m1/s1. The molecule has 3 aromatic rings. The van der Waals surface area contributed by atoms with Gasteiger partial charge >= 0.3 is 0 Å². The lowest BCUT2D eigenvalue weighted by atomic mass is 10.1. The molecule has 154 valence electrons. The molecule has 3 heterocycles. The van der Waals surface area contributed by atoms with Crippen LogP contribution in [0, 0.1) is 6.92 Å². The molecule has 1 atom stereocenters. The number of hydrogen-bond donors (Lipinski definition) is 1. The Labute approximate surface area is 175 Å². The van der Waals surface area contributed by atoms with E-state index >= 15 is 0 Å². The van der Waals surface area contributed by atoms with Crippen molar-refractivity contribution in [2.24, 2.45) is 7.05 Å². The average molecular weight is 416 g/mol. The number of benzene rings is 1. The molecule has 2 aromatic heterocycles. The summed E-state index contributed by atoms with van der Waals surface area (Å²) in [7, 11) is 1.98. The second-order valence-corrected chi connectivity index (χ2v) is 7.78. The molecule has 1 aliphatic rings. The van der Waals surface area contributed by atoms with E-state index in [1.165, 1.54) is 11.3 Å². The van der Waals surface area contributed by atoms with Gasteiger partial charge in [0.15, 0.2) is 0 Å². The van der Waals surface area contributed by atoms with Crippen molar-refractivity contribution in [1.29, 1.82) is 0 Å². The molecule has 1 aliphatic heterocycles. The van der Waals surface area contributed by atoms with E-state index in [1.54, 1.807) is 0 Å². The van der Waals surface area contributed by atoms with Crippen molar-refractivity contribution in [2.75, 3.05) is 26.3 Å². The topological polar surface area (TPSA) is 68.2 Å². The zero-order valence-corrected chi connectivity index (χ0v) is 17.5. The Morgan fingerprint density at radius 1 is 1.31 bits per heavy atom. The number of rotatable bonds is 7. The maximum atomic E-state index is 5.98. The Balaban J connectivity index is 1.30. The maximum Gasteiger partial charge on any atom is 0.119 e. The van der Waals surface area contributed by atoms with Gasteiger partial charge in [-0.05, 0) is 37.3 Å². The van der Waals surface area contributed by atoms with Gasteiger partial charge in [0.05, 0.1) is 25.1 Å². The molecule has 1 fully saturated rings. The fourth-order valence-corrected chi connectivity index (χ4v) is 3.57. The van der Waals surface area contributed by atoms with Gasteiger partial charge in [-0.3, -0.25) is 14.7 Å². The van der Waals surface area contributed by atoms with Crippen molar-refractivity contribution in [1.82, 2.24) is 24.9 Å². The van der Waals surface area contributed by atoms with Crippen LogP contribution >= 0.6 is 11.6 Å². The first-order chi connectivity index (χ1) is 14.1. The first kappa shape index (κ1) is 19.9. The van der Waals surface area contributed by atoms with E-state index in [0.29, 0.717) is 18.2 Å². The smallest absolute Gasteiger partial charge is 0.119 e. The number of nitrogens with zero attached hydrogens (tertiary/aromatic N) is 4. The van der Waals surface area contributed by atoms with Crippen LogP contribution in [0.4, 0.5) is 0 Å².